The molecule has 1 saturated heterocycles. The maximum Gasteiger partial charge on any atom is 0.224 e. The Hall–Kier alpha value is -2.02. The fraction of sp³-hybridized carbons (Fsp3) is 0.400. The van der Waals surface area contributed by atoms with Crippen LogP contribution < -0.4 is 5.32 Å². The number of carbonyl (C=O) groups excluding carboxylic acids is 2. The molecule has 1 aromatic heterocycles. The summed E-state index contributed by atoms with van der Waals surface area (Å²) in [4.78, 5) is 29.6. The number of thiophene rings is 1. The molecule has 1 aliphatic heterocycles. The molecule has 5 nitrogen and oxygen atoms in total. The number of amides is 1. The Kier molecular flexibility index (Phi) is 6.55. The molecule has 0 spiro atoms. The van der Waals surface area contributed by atoms with Gasteiger partial charge in [-0.05, 0) is 36.2 Å². The van der Waals surface area contributed by atoms with E-state index in [1.807, 2.05) is 29.6 Å². The molecule has 0 unspecified atom stereocenters. The van der Waals surface area contributed by atoms with Gasteiger partial charge < -0.3 is 10.2 Å². The van der Waals surface area contributed by atoms with Crippen molar-refractivity contribution in [1.29, 1.82) is 0 Å². The van der Waals surface area contributed by atoms with E-state index in [2.05, 4.69) is 28.2 Å². The SMILES string of the molecule is CN1CCN(Cc2cccc(NC(=O)CCC(=O)c3cccs3)c2)CC1. The molecule has 0 radical (unpaired) electrons. The lowest BCUT2D eigenvalue weighted by Gasteiger charge is -2.32. The molecule has 0 saturated carbocycles. The topological polar surface area (TPSA) is 52.6 Å². The first-order valence-electron chi connectivity index (χ1n) is 8.96. The van der Waals surface area contributed by atoms with Gasteiger partial charge in [-0.2, -0.15) is 0 Å². The zero-order valence-corrected chi connectivity index (χ0v) is 15.9. The van der Waals surface area contributed by atoms with Crippen molar-refractivity contribution in [3.8, 4) is 0 Å². The Morgan fingerprint density at radius 1 is 1.08 bits per heavy atom. The highest BCUT2D eigenvalue weighted by molar-refractivity contribution is 7.12. The summed E-state index contributed by atoms with van der Waals surface area (Å²) in [7, 11) is 2.15. The molecule has 1 fully saturated rings. The second kappa shape index (κ2) is 9.07. The second-order valence-corrected chi connectivity index (χ2v) is 7.68. The minimum Gasteiger partial charge on any atom is -0.326 e. The van der Waals surface area contributed by atoms with Gasteiger partial charge in [-0.25, -0.2) is 0 Å². The minimum atomic E-state index is -0.119. The zero-order chi connectivity index (χ0) is 18.4. The molecule has 1 aliphatic rings. The Morgan fingerprint density at radius 3 is 2.62 bits per heavy atom. The average Bonchev–Trinajstić information content (AvgIpc) is 3.17. The first-order chi connectivity index (χ1) is 12.6. The maximum atomic E-state index is 12.1. The zero-order valence-electron chi connectivity index (χ0n) is 15.1. The van der Waals surface area contributed by atoms with E-state index in [4.69, 9.17) is 0 Å². The monoisotopic (exact) mass is 371 g/mol. The molecule has 2 aromatic rings. The predicted molar refractivity (Wildman–Crippen MR) is 106 cm³/mol. The third-order valence-electron chi connectivity index (χ3n) is 4.59. The summed E-state index contributed by atoms with van der Waals surface area (Å²) in [5, 5.41) is 4.79. The Balaban J connectivity index is 1.48. The van der Waals surface area contributed by atoms with Crippen LogP contribution in [-0.2, 0) is 11.3 Å². The largest absolute Gasteiger partial charge is 0.326 e. The molecule has 6 heteroatoms. The third kappa shape index (κ3) is 5.49. The van der Waals surface area contributed by atoms with E-state index in [-0.39, 0.29) is 24.5 Å². The van der Waals surface area contributed by atoms with Crippen LogP contribution in [0.2, 0.25) is 0 Å². The standard InChI is InChI=1S/C20H25N3O2S/c1-22-9-11-23(12-10-22)15-16-4-2-5-17(14-16)21-20(25)8-7-18(24)19-6-3-13-26-19/h2-6,13-14H,7-12,15H2,1H3,(H,21,25). The van der Waals surface area contributed by atoms with Crippen LogP contribution in [0.4, 0.5) is 5.69 Å². The van der Waals surface area contributed by atoms with Crippen molar-refractivity contribution in [2.75, 3.05) is 38.5 Å². The summed E-state index contributed by atoms with van der Waals surface area (Å²) in [6.07, 6.45) is 0.451. The fourth-order valence-electron chi connectivity index (χ4n) is 3.02. The molecule has 0 atom stereocenters. The van der Waals surface area contributed by atoms with Crippen LogP contribution in [0.15, 0.2) is 41.8 Å². The molecule has 1 N–H and O–H groups in total. The third-order valence-corrected chi connectivity index (χ3v) is 5.50. The lowest BCUT2D eigenvalue weighted by Crippen LogP contribution is -2.43. The van der Waals surface area contributed by atoms with Gasteiger partial charge in [-0.3, -0.25) is 14.5 Å². The van der Waals surface area contributed by atoms with Crippen molar-refractivity contribution in [1.82, 2.24) is 9.80 Å². The number of Topliss-reactive ketones (excluding diaryl/α,β-unsaturated/α-hetero) is 1. The number of piperazine rings is 1. The van der Waals surface area contributed by atoms with Crippen LogP contribution >= 0.6 is 11.3 Å². The van der Waals surface area contributed by atoms with Crippen molar-refractivity contribution < 1.29 is 9.59 Å². The summed E-state index contributed by atoms with van der Waals surface area (Å²) in [5.41, 5.74) is 1.99. The van der Waals surface area contributed by atoms with Gasteiger partial charge >= 0.3 is 0 Å². The van der Waals surface area contributed by atoms with Gasteiger partial charge in [0.2, 0.25) is 5.91 Å². The number of ketones is 1. The number of likely N-dealkylation sites (N-methyl/N-ethyl adjacent to an activating group) is 1. The Morgan fingerprint density at radius 2 is 1.88 bits per heavy atom. The van der Waals surface area contributed by atoms with E-state index in [0.29, 0.717) is 4.88 Å². The number of carbonyl (C=O) groups is 2. The predicted octanol–water partition coefficient (Wildman–Crippen LogP) is 3.10. The molecule has 0 aliphatic carbocycles. The summed E-state index contributed by atoms with van der Waals surface area (Å²) in [5.74, 6) is -0.0920. The van der Waals surface area contributed by atoms with E-state index < -0.39 is 0 Å². The van der Waals surface area contributed by atoms with Crippen LogP contribution in [0.1, 0.15) is 28.1 Å². The fourth-order valence-corrected chi connectivity index (χ4v) is 3.72. The van der Waals surface area contributed by atoms with Crippen molar-refractivity contribution in [2.24, 2.45) is 0 Å². The molecule has 138 valence electrons. The minimum absolute atomic E-state index is 0.0268. The summed E-state index contributed by atoms with van der Waals surface area (Å²) < 4.78 is 0. The summed E-state index contributed by atoms with van der Waals surface area (Å²) in [6.45, 7) is 5.22. The number of benzene rings is 1. The van der Waals surface area contributed by atoms with Gasteiger partial charge in [-0.15, -0.1) is 11.3 Å². The molecule has 1 amide bonds. The molecular formula is C20H25N3O2S. The smallest absolute Gasteiger partial charge is 0.224 e. The first-order valence-corrected chi connectivity index (χ1v) is 9.84. The number of hydrogen-bond donors (Lipinski definition) is 1. The normalized spacial score (nSPS) is 15.7. The van der Waals surface area contributed by atoms with Gasteiger partial charge in [0.1, 0.15) is 0 Å². The van der Waals surface area contributed by atoms with Crippen molar-refractivity contribution in [3.05, 3.63) is 52.2 Å². The highest BCUT2D eigenvalue weighted by atomic mass is 32.1. The number of rotatable bonds is 7. The molecule has 2 heterocycles. The quantitative estimate of drug-likeness (QED) is 0.760. The van der Waals surface area contributed by atoms with Crippen LogP contribution in [0, 0.1) is 0 Å². The number of nitrogens with one attached hydrogen (secondary N) is 1. The first kappa shape index (κ1) is 18.8. The van der Waals surface area contributed by atoms with E-state index >= 15 is 0 Å². The molecule has 1 aromatic carbocycles. The summed E-state index contributed by atoms with van der Waals surface area (Å²) >= 11 is 1.42. The molecule has 3 rings (SSSR count). The number of nitrogens with zero attached hydrogens (tertiary/aromatic N) is 2. The van der Waals surface area contributed by atoms with Crippen LogP contribution in [0.3, 0.4) is 0 Å². The Bertz CT molecular complexity index is 737. The van der Waals surface area contributed by atoms with Crippen LogP contribution in [-0.4, -0.2) is 54.7 Å². The maximum absolute atomic E-state index is 12.1. The van der Waals surface area contributed by atoms with E-state index in [1.54, 1.807) is 6.07 Å². The van der Waals surface area contributed by atoms with Crippen LogP contribution in [0.5, 0.6) is 0 Å². The van der Waals surface area contributed by atoms with Gasteiger partial charge in [-0.1, -0.05) is 18.2 Å². The van der Waals surface area contributed by atoms with E-state index in [9.17, 15) is 9.59 Å². The average molecular weight is 372 g/mol. The second-order valence-electron chi connectivity index (χ2n) is 6.73. The molecule has 0 bridgehead atoms. The van der Waals surface area contributed by atoms with Gasteiger partial charge in [0.25, 0.3) is 0 Å². The molecular weight excluding hydrogens is 346 g/mol. The van der Waals surface area contributed by atoms with Crippen molar-refractivity contribution in [2.45, 2.75) is 19.4 Å². The van der Waals surface area contributed by atoms with Gasteiger partial charge in [0.05, 0.1) is 4.88 Å². The van der Waals surface area contributed by atoms with Crippen molar-refractivity contribution in [3.63, 3.8) is 0 Å². The lowest BCUT2D eigenvalue weighted by molar-refractivity contribution is -0.116. The van der Waals surface area contributed by atoms with Crippen LogP contribution in [0.25, 0.3) is 0 Å². The van der Waals surface area contributed by atoms with E-state index in [0.717, 1.165) is 38.4 Å². The summed E-state index contributed by atoms with van der Waals surface area (Å²) in [6, 6.07) is 11.6. The number of hydrogen-bond acceptors (Lipinski definition) is 5. The van der Waals surface area contributed by atoms with E-state index in [1.165, 1.54) is 16.9 Å². The van der Waals surface area contributed by atoms with Gasteiger partial charge in [0, 0.05) is 51.3 Å². The Labute approximate surface area is 158 Å². The number of anilines is 1. The highest BCUT2D eigenvalue weighted by Crippen LogP contribution is 2.16. The molecule has 26 heavy (non-hydrogen) atoms. The van der Waals surface area contributed by atoms with Gasteiger partial charge in [0.15, 0.2) is 5.78 Å². The lowest BCUT2D eigenvalue weighted by atomic mass is 10.1. The highest BCUT2D eigenvalue weighted by Gasteiger charge is 2.14. The van der Waals surface area contributed by atoms with Crippen molar-refractivity contribution >= 4 is 28.7 Å².